The minimum absolute atomic E-state index is 0.0850. The summed E-state index contributed by atoms with van der Waals surface area (Å²) in [5.74, 6) is -1.18. The number of ether oxygens (including phenoxy) is 1. The van der Waals surface area contributed by atoms with Gasteiger partial charge in [0.05, 0.1) is 6.20 Å². The number of pyridine rings is 1. The van der Waals surface area contributed by atoms with Crippen LogP contribution >= 0.6 is 0 Å². The summed E-state index contributed by atoms with van der Waals surface area (Å²) >= 11 is 0. The summed E-state index contributed by atoms with van der Waals surface area (Å²) in [5.41, 5.74) is 2.00. The largest absolute Gasteiger partial charge is 0.487 e. The van der Waals surface area contributed by atoms with E-state index in [2.05, 4.69) is 10.3 Å². The number of amides is 2. The van der Waals surface area contributed by atoms with E-state index in [0.717, 1.165) is 11.3 Å². The van der Waals surface area contributed by atoms with Crippen molar-refractivity contribution in [2.24, 2.45) is 0 Å². The van der Waals surface area contributed by atoms with Gasteiger partial charge in [0.2, 0.25) is 5.91 Å². The number of aliphatic carboxylic acids is 1. The highest BCUT2D eigenvalue weighted by molar-refractivity contribution is 5.96. The van der Waals surface area contributed by atoms with Crippen molar-refractivity contribution in [3.8, 4) is 5.75 Å². The number of nitrogens with one attached hydrogen (secondary N) is 1. The summed E-state index contributed by atoms with van der Waals surface area (Å²) in [6.45, 7) is 5.18. The van der Waals surface area contributed by atoms with Crippen molar-refractivity contribution in [3.05, 3.63) is 59.4 Å². The first kappa shape index (κ1) is 21.9. The molecule has 0 saturated heterocycles. The SMILES string of the molecule is CC(=O)NCCN(C(=O)c1cccc(COc2ccc(C)nc2)c1)C(C)C(=O)O. The van der Waals surface area contributed by atoms with Crippen LogP contribution in [0, 0.1) is 6.92 Å². The zero-order valence-electron chi connectivity index (χ0n) is 16.7. The highest BCUT2D eigenvalue weighted by atomic mass is 16.5. The molecule has 0 bridgehead atoms. The Labute approximate surface area is 169 Å². The first-order valence-corrected chi connectivity index (χ1v) is 9.20. The van der Waals surface area contributed by atoms with Gasteiger partial charge in [0.15, 0.2) is 0 Å². The molecule has 1 aromatic carbocycles. The van der Waals surface area contributed by atoms with Gasteiger partial charge in [-0.3, -0.25) is 14.6 Å². The van der Waals surface area contributed by atoms with Gasteiger partial charge >= 0.3 is 5.97 Å². The molecule has 2 aromatic rings. The van der Waals surface area contributed by atoms with Crippen LogP contribution in [0.25, 0.3) is 0 Å². The van der Waals surface area contributed by atoms with Crippen LogP contribution in [0.5, 0.6) is 5.75 Å². The molecule has 8 nitrogen and oxygen atoms in total. The summed E-state index contributed by atoms with van der Waals surface area (Å²) in [6.07, 6.45) is 1.63. The fourth-order valence-corrected chi connectivity index (χ4v) is 2.62. The van der Waals surface area contributed by atoms with Gasteiger partial charge in [-0.15, -0.1) is 0 Å². The van der Waals surface area contributed by atoms with E-state index < -0.39 is 17.9 Å². The third-order valence-corrected chi connectivity index (χ3v) is 4.28. The number of carboxylic acids is 1. The molecule has 0 aliphatic carbocycles. The molecule has 0 spiro atoms. The molecule has 1 atom stereocenters. The lowest BCUT2D eigenvalue weighted by Gasteiger charge is -2.27. The van der Waals surface area contributed by atoms with Crippen LogP contribution in [0.3, 0.4) is 0 Å². The van der Waals surface area contributed by atoms with E-state index in [0.29, 0.717) is 11.3 Å². The lowest BCUT2D eigenvalue weighted by molar-refractivity contribution is -0.141. The molecule has 1 heterocycles. The van der Waals surface area contributed by atoms with Crippen molar-refractivity contribution in [2.45, 2.75) is 33.4 Å². The Morgan fingerprint density at radius 2 is 2.00 bits per heavy atom. The summed E-state index contributed by atoms with van der Waals surface area (Å²) in [7, 11) is 0. The van der Waals surface area contributed by atoms with Crippen LogP contribution in [0.1, 0.15) is 35.5 Å². The zero-order chi connectivity index (χ0) is 21.4. The number of hydrogen-bond acceptors (Lipinski definition) is 5. The molecule has 0 radical (unpaired) electrons. The Kier molecular flexibility index (Phi) is 7.70. The maximum Gasteiger partial charge on any atom is 0.326 e. The van der Waals surface area contributed by atoms with Crippen LogP contribution in [0.4, 0.5) is 0 Å². The quantitative estimate of drug-likeness (QED) is 0.668. The lowest BCUT2D eigenvalue weighted by atomic mass is 10.1. The number of rotatable bonds is 9. The smallest absolute Gasteiger partial charge is 0.326 e. The minimum Gasteiger partial charge on any atom is -0.487 e. The number of carbonyl (C=O) groups excluding carboxylic acids is 2. The Morgan fingerprint density at radius 3 is 2.62 bits per heavy atom. The van der Waals surface area contributed by atoms with Gasteiger partial charge in [0.25, 0.3) is 5.91 Å². The summed E-state index contributed by atoms with van der Waals surface area (Å²) in [4.78, 5) is 40.8. The molecule has 0 aliphatic heterocycles. The zero-order valence-corrected chi connectivity index (χ0v) is 16.7. The van der Waals surface area contributed by atoms with E-state index in [1.165, 1.54) is 18.7 Å². The van der Waals surface area contributed by atoms with Gasteiger partial charge in [0.1, 0.15) is 18.4 Å². The number of benzene rings is 1. The van der Waals surface area contributed by atoms with Gasteiger partial charge < -0.3 is 20.1 Å². The molecule has 8 heteroatoms. The van der Waals surface area contributed by atoms with E-state index in [1.807, 2.05) is 25.1 Å². The highest BCUT2D eigenvalue weighted by Gasteiger charge is 2.26. The van der Waals surface area contributed by atoms with Crippen molar-refractivity contribution in [1.82, 2.24) is 15.2 Å². The van der Waals surface area contributed by atoms with E-state index in [-0.39, 0.29) is 25.6 Å². The van der Waals surface area contributed by atoms with Crippen molar-refractivity contribution < 1.29 is 24.2 Å². The average molecular weight is 399 g/mol. The molecular formula is C21H25N3O5. The molecule has 0 saturated carbocycles. The van der Waals surface area contributed by atoms with E-state index in [4.69, 9.17) is 4.74 Å². The monoisotopic (exact) mass is 399 g/mol. The molecule has 2 amide bonds. The summed E-state index contributed by atoms with van der Waals surface area (Å²) in [6, 6.07) is 9.46. The van der Waals surface area contributed by atoms with E-state index >= 15 is 0 Å². The first-order chi connectivity index (χ1) is 13.8. The third-order valence-electron chi connectivity index (χ3n) is 4.28. The van der Waals surface area contributed by atoms with E-state index in [1.54, 1.807) is 24.4 Å². The number of nitrogens with zero attached hydrogens (tertiary/aromatic N) is 2. The second kappa shape index (κ2) is 10.2. The predicted molar refractivity (Wildman–Crippen MR) is 107 cm³/mol. The van der Waals surface area contributed by atoms with Crippen LogP contribution in [-0.2, 0) is 16.2 Å². The van der Waals surface area contributed by atoms with Crippen molar-refractivity contribution in [2.75, 3.05) is 13.1 Å². The number of aromatic nitrogens is 1. The average Bonchev–Trinajstić information content (AvgIpc) is 2.70. The molecule has 29 heavy (non-hydrogen) atoms. The van der Waals surface area contributed by atoms with Crippen molar-refractivity contribution in [3.63, 3.8) is 0 Å². The predicted octanol–water partition coefficient (Wildman–Crippen LogP) is 2.02. The minimum atomic E-state index is -1.12. The topological polar surface area (TPSA) is 109 Å². The molecule has 0 fully saturated rings. The van der Waals surface area contributed by atoms with Gasteiger partial charge in [-0.05, 0) is 43.7 Å². The van der Waals surface area contributed by atoms with Crippen LogP contribution in [0.2, 0.25) is 0 Å². The molecule has 2 rings (SSSR count). The Bertz CT molecular complexity index is 867. The highest BCUT2D eigenvalue weighted by Crippen LogP contribution is 2.15. The van der Waals surface area contributed by atoms with Gasteiger partial charge in [-0.2, -0.15) is 0 Å². The second-order valence-electron chi connectivity index (χ2n) is 6.62. The van der Waals surface area contributed by atoms with Crippen molar-refractivity contribution >= 4 is 17.8 Å². The van der Waals surface area contributed by atoms with Crippen molar-refractivity contribution in [1.29, 1.82) is 0 Å². The Balaban J connectivity index is 2.11. The van der Waals surface area contributed by atoms with Crippen LogP contribution in [-0.4, -0.2) is 51.9 Å². The lowest BCUT2D eigenvalue weighted by Crippen LogP contribution is -2.46. The fourth-order valence-electron chi connectivity index (χ4n) is 2.62. The molecule has 2 N–H and O–H groups in total. The number of aryl methyl sites for hydroxylation is 1. The second-order valence-corrected chi connectivity index (χ2v) is 6.62. The Morgan fingerprint density at radius 1 is 1.24 bits per heavy atom. The maximum atomic E-state index is 12.9. The van der Waals surface area contributed by atoms with Gasteiger partial charge in [-0.25, -0.2) is 4.79 Å². The van der Waals surface area contributed by atoms with Gasteiger partial charge in [-0.1, -0.05) is 12.1 Å². The van der Waals surface area contributed by atoms with Crippen LogP contribution in [0.15, 0.2) is 42.6 Å². The van der Waals surface area contributed by atoms with Gasteiger partial charge in [0, 0.05) is 31.3 Å². The third kappa shape index (κ3) is 6.60. The fraction of sp³-hybridized carbons (Fsp3) is 0.333. The summed E-state index contributed by atoms with van der Waals surface area (Å²) < 4.78 is 5.69. The number of hydrogen-bond donors (Lipinski definition) is 2. The van der Waals surface area contributed by atoms with E-state index in [9.17, 15) is 19.5 Å². The number of carboxylic acid groups (broad SMARTS) is 1. The number of carbonyl (C=O) groups is 3. The molecule has 1 aromatic heterocycles. The maximum absolute atomic E-state index is 12.9. The Hall–Kier alpha value is -3.42. The molecule has 0 aliphatic rings. The molecule has 154 valence electrons. The normalized spacial score (nSPS) is 11.4. The standard InChI is InChI=1S/C21H25N3O5/c1-14-7-8-19(12-23-14)29-13-17-5-4-6-18(11-17)20(26)24(15(2)21(27)28)10-9-22-16(3)25/h4-8,11-12,15H,9-10,13H2,1-3H3,(H,22,25)(H,27,28). The molecule has 1 unspecified atom stereocenters. The molecular weight excluding hydrogens is 374 g/mol. The van der Waals surface area contributed by atoms with Crippen LogP contribution < -0.4 is 10.1 Å². The first-order valence-electron chi connectivity index (χ1n) is 9.20. The summed E-state index contributed by atoms with van der Waals surface area (Å²) in [5, 5.41) is 11.9.